The van der Waals surface area contributed by atoms with Crippen molar-refractivity contribution in [2.75, 3.05) is 38.2 Å². The van der Waals surface area contributed by atoms with Crippen molar-refractivity contribution < 1.29 is 27.1 Å². The zero-order valence-electron chi connectivity index (χ0n) is 15.8. The summed E-state index contributed by atoms with van der Waals surface area (Å²) >= 11 is 0. The average Bonchev–Trinajstić information content (AvgIpc) is 2.73. The monoisotopic (exact) mass is 422 g/mol. The summed E-state index contributed by atoms with van der Waals surface area (Å²) in [5, 5.41) is 2.71. The van der Waals surface area contributed by atoms with Gasteiger partial charge in [-0.15, -0.1) is 0 Å². The van der Waals surface area contributed by atoms with Gasteiger partial charge in [0.1, 0.15) is 11.6 Å². The van der Waals surface area contributed by atoms with Crippen molar-refractivity contribution in [1.82, 2.24) is 4.31 Å². The Balaban J connectivity index is 1.50. The number of hydrogen-bond acceptors (Lipinski definition) is 5. The fourth-order valence-corrected chi connectivity index (χ4v) is 4.30. The zero-order chi connectivity index (χ0) is 20.7. The van der Waals surface area contributed by atoms with Crippen LogP contribution < -0.4 is 10.1 Å². The van der Waals surface area contributed by atoms with Crippen LogP contribution in [0.1, 0.15) is 12.8 Å². The first-order valence-electron chi connectivity index (χ1n) is 9.31. The van der Waals surface area contributed by atoms with Crippen molar-refractivity contribution in [3.05, 3.63) is 54.3 Å². The molecule has 1 heterocycles. The van der Waals surface area contributed by atoms with E-state index < -0.39 is 10.0 Å². The van der Waals surface area contributed by atoms with Gasteiger partial charge in [0.2, 0.25) is 15.9 Å². The van der Waals surface area contributed by atoms with E-state index in [1.807, 2.05) is 0 Å². The van der Waals surface area contributed by atoms with Crippen LogP contribution in [0.2, 0.25) is 0 Å². The number of anilines is 1. The molecule has 1 aliphatic heterocycles. The van der Waals surface area contributed by atoms with Crippen molar-refractivity contribution >= 4 is 21.6 Å². The second kappa shape index (κ2) is 9.82. The maximum atomic E-state index is 12.8. The second-order valence-electron chi connectivity index (χ2n) is 6.50. The number of amides is 1. The third-order valence-corrected chi connectivity index (χ3v) is 6.25. The van der Waals surface area contributed by atoms with Crippen LogP contribution in [-0.4, -0.2) is 51.5 Å². The van der Waals surface area contributed by atoms with Crippen molar-refractivity contribution in [1.29, 1.82) is 0 Å². The Kier molecular flexibility index (Phi) is 7.18. The Hall–Kier alpha value is -2.49. The van der Waals surface area contributed by atoms with Gasteiger partial charge in [0.05, 0.1) is 24.7 Å². The zero-order valence-corrected chi connectivity index (χ0v) is 16.7. The summed E-state index contributed by atoms with van der Waals surface area (Å²) in [6, 6.07) is 11.9. The predicted molar refractivity (Wildman–Crippen MR) is 106 cm³/mol. The summed E-state index contributed by atoms with van der Waals surface area (Å²) in [7, 11) is -3.62. The van der Waals surface area contributed by atoms with E-state index in [-0.39, 0.29) is 23.0 Å². The number of morpholine rings is 1. The van der Waals surface area contributed by atoms with Crippen molar-refractivity contribution in [3.63, 3.8) is 0 Å². The molecule has 1 N–H and O–H groups in total. The van der Waals surface area contributed by atoms with Gasteiger partial charge in [-0.2, -0.15) is 4.31 Å². The van der Waals surface area contributed by atoms with Gasteiger partial charge in [-0.1, -0.05) is 6.07 Å². The molecule has 1 saturated heterocycles. The maximum absolute atomic E-state index is 12.8. The number of sulfonamides is 1. The molecular formula is C20H23FN2O5S. The number of hydrogen-bond donors (Lipinski definition) is 1. The Bertz CT molecular complexity index is 928. The number of carbonyl (C=O) groups is 1. The highest BCUT2D eigenvalue weighted by Gasteiger charge is 2.26. The van der Waals surface area contributed by atoms with Crippen LogP contribution in [-0.2, 0) is 19.6 Å². The molecule has 0 spiro atoms. The van der Waals surface area contributed by atoms with Crippen molar-refractivity contribution in [2.45, 2.75) is 17.7 Å². The van der Waals surface area contributed by atoms with Crippen LogP contribution in [0.5, 0.6) is 5.75 Å². The van der Waals surface area contributed by atoms with Gasteiger partial charge < -0.3 is 14.8 Å². The molecule has 1 fully saturated rings. The summed E-state index contributed by atoms with van der Waals surface area (Å²) in [5.41, 5.74) is 0.420. The van der Waals surface area contributed by atoms with Crippen molar-refractivity contribution in [3.8, 4) is 5.75 Å². The molecule has 0 saturated carbocycles. The predicted octanol–water partition coefficient (Wildman–Crippen LogP) is 2.64. The first-order chi connectivity index (χ1) is 13.9. The molecule has 0 bridgehead atoms. The van der Waals surface area contributed by atoms with E-state index in [2.05, 4.69) is 5.32 Å². The van der Waals surface area contributed by atoms with E-state index in [0.717, 1.165) is 0 Å². The number of carbonyl (C=O) groups excluding carboxylic acids is 1. The Morgan fingerprint density at radius 3 is 2.59 bits per heavy atom. The molecule has 7 nitrogen and oxygen atoms in total. The van der Waals surface area contributed by atoms with E-state index in [9.17, 15) is 17.6 Å². The Morgan fingerprint density at radius 2 is 1.86 bits per heavy atom. The minimum Gasteiger partial charge on any atom is -0.494 e. The average molecular weight is 422 g/mol. The van der Waals surface area contributed by atoms with Crippen LogP contribution in [0.4, 0.5) is 10.1 Å². The van der Waals surface area contributed by atoms with Gasteiger partial charge in [0.25, 0.3) is 0 Å². The van der Waals surface area contributed by atoms with Crippen molar-refractivity contribution in [2.24, 2.45) is 0 Å². The third kappa shape index (κ3) is 5.99. The van der Waals surface area contributed by atoms with Crippen LogP contribution in [0, 0.1) is 5.82 Å². The summed E-state index contributed by atoms with van der Waals surface area (Å²) in [6.45, 7) is 1.68. The maximum Gasteiger partial charge on any atom is 0.243 e. The lowest BCUT2D eigenvalue weighted by molar-refractivity contribution is -0.116. The standard InChI is InChI=1S/C20H23FN2O5S/c21-16-6-8-18(9-7-16)28-12-2-5-20(24)22-17-3-1-4-19(15-17)29(25,26)23-10-13-27-14-11-23/h1,3-4,6-9,15H,2,5,10-14H2,(H,22,24). The number of halogens is 1. The van der Waals surface area contributed by atoms with E-state index in [1.165, 1.54) is 40.7 Å². The van der Waals surface area contributed by atoms with E-state index >= 15 is 0 Å². The smallest absolute Gasteiger partial charge is 0.243 e. The van der Waals surface area contributed by atoms with Gasteiger partial charge in [-0.3, -0.25) is 4.79 Å². The van der Waals surface area contributed by atoms with Gasteiger partial charge in [-0.05, 0) is 48.9 Å². The molecule has 0 radical (unpaired) electrons. The molecule has 0 aromatic heterocycles. The molecule has 9 heteroatoms. The molecule has 2 aromatic carbocycles. The molecule has 1 amide bonds. The molecule has 3 rings (SSSR count). The first kappa shape index (κ1) is 21.2. The minimum atomic E-state index is -3.62. The number of nitrogens with one attached hydrogen (secondary N) is 1. The second-order valence-corrected chi connectivity index (χ2v) is 8.44. The lowest BCUT2D eigenvalue weighted by Gasteiger charge is -2.26. The highest BCUT2D eigenvalue weighted by molar-refractivity contribution is 7.89. The molecule has 1 aliphatic rings. The normalized spacial score (nSPS) is 15.1. The number of nitrogens with zero attached hydrogens (tertiary/aromatic N) is 1. The van der Waals surface area contributed by atoms with Crippen LogP contribution in [0.15, 0.2) is 53.4 Å². The molecule has 0 aliphatic carbocycles. The summed E-state index contributed by atoms with van der Waals surface area (Å²) in [5.74, 6) is -0.0453. The number of benzene rings is 2. The van der Waals surface area contributed by atoms with Crippen LogP contribution in [0.25, 0.3) is 0 Å². The van der Waals surface area contributed by atoms with Gasteiger partial charge in [-0.25, -0.2) is 12.8 Å². The Labute approximate surface area is 169 Å². The molecule has 0 atom stereocenters. The van der Waals surface area contributed by atoms with E-state index in [0.29, 0.717) is 50.8 Å². The Morgan fingerprint density at radius 1 is 1.14 bits per heavy atom. The third-order valence-electron chi connectivity index (χ3n) is 4.36. The van der Waals surface area contributed by atoms with E-state index in [4.69, 9.17) is 9.47 Å². The largest absolute Gasteiger partial charge is 0.494 e. The van der Waals surface area contributed by atoms with Crippen LogP contribution in [0.3, 0.4) is 0 Å². The van der Waals surface area contributed by atoms with E-state index in [1.54, 1.807) is 12.1 Å². The lowest BCUT2D eigenvalue weighted by atomic mass is 10.2. The first-order valence-corrected chi connectivity index (χ1v) is 10.8. The molecular weight excluding hydrogens is 399 g/mol. The van der Waals surface area contributed by atoms with Gasteiger partial charge in [0.15, 0.2) is 0 Å². The fraction of sp³-hybridized carbons (Fsp3) is 0.350. The quantitative estimate of drug-likeness (QED) is 0.661. The van der Waals surface area contributed by atoms with Crippen LogP contribution >= 0.6 is 0 Å². The molecule has 2 aromatic rings. The summed E-state index contributed by atoms with van der Waals surface area (Å²) < 4.78 is 50.3. The minimum absolute atomic E-state index is 0.136. The summed E-state index contributed by atoms with van der Waals surface area (Å²) in [6.07, 6.45) is 0.677. The fourth-order valence-electron chi connectivity index (χ4n) is 2.85. The highest BCUT2D eigenvalue weighted by atomic mass is 32.2. The topological polar surface area (TPSA) is 84.9 Å². The molecule has 0 unspecified atom stereocenters. The van der Waals surface area contributed by atoms with Gasteiger partial charge >= 0.3 is 0 Å². The highest BCUT2D eigenvalue weighted by Crippen LogP contribution is 2.21. The summed E-state index contributed by atoms with van der Waals surface area (Å²) in [4.78, 5) is 12.3. The number of ether oxygens (including phenoxy) is 2. The SMILES string of the molecule is O=C(CCCOc1ccc(F)cc1)Nc1cccc(S(=O)(=O)N2CCOCC2)c1. The molecule has 29 heavy (non-hydrogen) atoms. The number of rotatable bonds is 8. The van der Waals surface area contributed by atoms with Gasteiger partial charge in [0, 0.05) is 25.2 Å². The molecule has 156 valence electrons. The lowest BCUT2D eigenvalue weighted by Crippen LogP contribution is -2.40.